The fourth-order valence-corrected chi connectivity index (χ4v) is 1.16. The van der Waals surface area contributed by atoms with Gasteiger partial charge in [-0.1, -0.05) is 6.07 Å². The third kappa shape index (κ3) is 3.20. The second-order valence-corrected chi connectivity index (χ2v) is 3.29. The summed E-state index contributed by atoms with van der Waals surface area (Å²) in [7, 11) is 0. The van der Waals surface area contributed by atoms with Crippen LogP contribution in [0.1, 0.15) is 15.9 Å². The molecule has 1 aromatic rings. The van der Waals surface area contributed by atoms with Gasteiger partial charge in [0.1, 0.15) is 0 Å². The first-order valence-electron chi connectivity index (χ1n) is 4.61. The lowest BCUT2D eigenvalue weighted by molar-refractivity contribution is -0.167. The molecule has 1 amide bonds. The number of amides is 1. The summed E-state index contributed by atoms with van der Waals surface area (Å²) >= 11 is 0. The van der Waals surface area contributed by atoms with Gasteiger partial charge < -0.3 is 15.5 Å². The fourth-order valence-electron chi connectivity index (χ4n) is 1.16. The van der Waals surface area contributed by atoms with E-state index in [0.717, 1.165) is 18.2 Å². The van der Waals surface area contributed by atoms with Crippen molar-refractivity contribution >= 4 is 17.6 Å². The standard InChI is InChI=1S/C10H8F3NO4/c11-10(12,13)9(18)14-7-3-5(8(16)17)1-2-6(7)4-15/h1-3,15H,4H2,(H,14,18)(H,16,17). The van der Waals surface area contributed by atoms with E-state index < -0.39 is 24.7 Å². The number of carbonyl (C=O) groups is 2. The lowest BCUT2D eigenvalue weighted by atomic mass is 10.1. The second kappa shape index (κ2) is 5.05. The molecule has 1 rings (SSSR count). The van der Waals surface area contributed by atoms with Crippen molar-refractivity contribution in [1.82, 2.24) is 0 Å². The minimum absolute atomic E-state index is 0.0161. The van der Waals surface area contributed by atoms with Gasteiger partial charge in [0, 0.05) is 11.3 Å². The number of carboxylic acids is 1. The number of aliphatic hydroxyl groups excluding tert-OH is 1. The van der Waals surface area contributed by atoms with Crippen molar-refractivity contribution in [2.45, 2.75) is 12.8 Å². The van der Waals surface area contributed by atoms with Crippen molar-refractivity contribution < 1.29 is 33.0 Å². The first kappa shape index (κ1) is 14.0. The fraction of sp³-hybridized carbons (Fsp3) is 0.200. The number of carboxylic acid groups (broad SMARTS) is 1. The average Bonchev–Trinajstić information content (AvgIpc) is 2.27. The highest BCUT2D eigenvalue weighted by Gasteiger charge is 2.39. The summed E-state index contributed by atoms with van der Waals surface area (Å²) in [5.74, 6) is -3.60. The molecule has 0 radical (unpaired) electrons. The number of hydrogen-bond acceptors (Lipinski definition) is 3. The molecule has 0 bridgehead atoms. The molecule has 0 unspecified atom stereocenters. The molecule has 0 heterocycles. The molecule has 1 aromatic carbocycles. The molecule has 98 valence electrons. The van der Waals surface area contributed by atoms with Gasteiger partial charge in [0.2, 0.25) is 0 Å². The molecule has 0 fully saturated rings. The van der Waals surface area contributed by atoms with Gasteiger partial charge in [-0.2, -0.15) is 13.2 Å². The molecule has 5 nitrogen and oxygen atoms in total. The zero-order chi connectivity index (χ0) is 13.9. The Balaban J connectivity index is 3.09. The number of aromatic carboxylic acids is 1. The van der Waals surface area contributed by atoms with Crippen LogP contribution in [0.15, 0.2) is 18.2 Å². The van der Waals surface area contributed by atoms with E-state index in [2.05, 4.69) is 0 Å². The van der Waals surface area contributed by atoms with Gasteiger partial charge in [0.25, 0.3) is 0 Å². The van der Waals surface area contributed by atoms with Crippen molar-refractivity contribution in [2.24, 2.45) is 0 Å². The molecule has 0 aromatic heterocycles. The minimum atomic E-state index is -5.09. The van der Waals surface area contributed by atoms with Crippen LogP contribution >= 0.6 is 0 Å². The largest absolute Gasteiger partial charge is 0.478 e. The molecule has 0 atom stereocenters. The van der Waals surface area contributed by atoms with Crippen LogP contribution in [0.25, 0.3) is 0 Å². The Labute approximate surface area is 98.8 Å². The number of carbonyl (C=O) groups excluding carboxylic acids is 1. The monoisotopic (exact) mass is 263 g/mol. The summed E-state index contributed by atoms with van der Waals surface area (Å²) in [6.45, 7) is -0.632. The van der Waals surface area contributed by atoms with Crippen LogP contribution < -0.4 is 5.32 Å². The molecular weight excluding hydrogens is 255 g/mol. The van der Waals surface area contributed by atoms with E-state index in [9.17, 15) is 22.8 Å². The second-order valence-electron chi connectivity index (χ2n) is 3.29. The Hall–Kier alpha value is -2.09. The lowest BCUT2D eigenvalue weighted by Gasteiger charge is -2.11. The normalized spacial score (nSPS) is 11.1. The number of nitrogens with one attached hydrogen (secondary N) is 1. The highest BCUT2D eigenvalue weighted by atomic mass is 19.4. The van der Waals surface area contributed by atoms with Crippen LogP contribution in [0.5, 0.6) is 0 Å². The van der Waals surface area contributed by atoms with Crippen LogP contribution in [0.3, 0.4) is 0 Å². The van der Waals surface area contributed by atoms with Gasteiger partial charge in [-0.05, 0) is 12.1 Å². The SMILES string of the molecule is O=C(O)c1ccc(CO)c(NC(=O)C(F)(F)F)c1. The van der Waals surface area contributed by atoms with Gasteiger partial charge in [-0.25, -0.2) is 4.79 Å². The summed E-state index contributed by atoms with van der Waals surface area (Å²) in [5, 5.41) is 19.1. The maximum atomic E-state index is 12.0. The van der Waals surface area contributed by atoms with Crippen LogP contribution in [-0.4, -0.2) is 28.3 Å². The van der Waals surface area contributed by atoms with E-state index in [4.69, 9.17) is 10.2 Å². The highest BCUT2D eigenvalue weighted by molar-refractivity contribution is 5.97. The van der Waals surface area contributed by atoms with Gasteiger partial charge in [0.05, 0.1) is 12.2 Å². The van der Waals surface area contributed by atoms with E-state index in [1.165, 1.54) is 5.32 Å². The maximum absolute atomic E-state index is 12.0. The lowest BCUT2D eigenvalue weighted by Crippen LogP contribution is -2.30. The molecule has 18 heavy (non-hydrogen) atoms. The van der Waals surface area contributed by atoms with Crippen LogP contribution in [0.2, 0.25) is 0 Å². The predicted molar refractivity (Wildman–Crippen MR) is 54.0 cm³/mol. The molecule has 0 saturated heterocycles. The first-order valence-corrected chi connectivity index (χ1v) is 4.61. The molecule has 0 aliphatic rings. The Morgan fingerprint density at radius 2 is 1.89 bits per heavy atom. The van der Waals surface area contributed by atoms with E-state index in [0.29, 0.717) is 0 Å². The van der Waals surface area contributed by atoms with E-state index >= 15 is 0 Å². The number of hydrogen-bond donors (Lipinski definition) is 3. The summed E-state index contributed by atoms with van der Waals surface area (Å²) in [6, 6.07) is 3.07. The Bertz CT molecular complexity index is 485. The zero-order valence-electron chi connectivity index (χ0n) is 8.78. The molecule has 0 aliphatic heterocycles. The highest BCUT2D eigenvalue weighted by Crippen LogP contribution is 2.22. The Morgan fingerprint density at radius 1 is 1.28 bits per heavy atom. The number of anilines is 1. The minimum Gasteiger partial charge on any atom is -0.478 e. The van der Waals surface area contributed by atoms with Crippen molar-refractivity contribution in [3.63, 3.8) is 0 Å². The van der Waals surface area contributed by atoms with Crippen molar-refractivity contribution in [1.29, 1.82) is 0 Å². The average molecular weight is 263 g/mol. The van der Waals surface area contributed by atoms with Crippen LogP contribution in [0.4, 0.5) is 18.9 Å². The van der Waals surface area contributed by atoms with E-state index in [1.807, 2.05) is 0 Å². The van der Waals surface area contributed by atoms with Crippen molar-refractivity contribution in [3.8, 4) is 0 Å². The van der Waals surface area contributed by atoms with Gasteiger partial charge in [-0.3, -0.25) is 4.79 Å². The number of alkyl halides is 3. The number of aliphatic hydroxyl groups is 1. The van der Waals surface area contributed by atoms with Crippen molar-refractivity contribution in [2.75, 3.05) is 5.32 Å². The van der Waals surface area contributed by atoms with E-state index in [-0.39, 0.29) is 16.8 Å². The number of rotatable bonds is 3. The Morgan fingerprint density at radius 3 is 2.33 bits per heavy atom. The molecule has 0 spiro atoms. The summed E-state index contributed by atoms with van der Waals surface area (Å²) < 4.78 is 36.1. The topological polar surface area (TPSA) is 86.6 Å². The quantitative estimate of drug-likeness (QED) is 0.768. The van der Waals surface area contributed by atoms with Crippen molar-refractivity contribution in [3.05, 3.63) is 29.3 Å². The summed E-state index contributed by atoms with van der Waals surface area (Å²) in [4.78, 5) is 21.4. The number of benzene rings is 1. The van der Waals surface area contributed by atoms with E-state index in [1.54, 1.807) is 0 Å². The third-order valence-corrected chi connectivity index (χ3v) is 2.03. The van der Waals surface area contributed by atoms with Gasteiger partial charge >= 0.3 is 18.1 Å². The molecule has 0 saturated carbocycles. The van der Waals surface area contributed by atoms with Crippen LogP contribution in [-0.2, 0) is 11.4 Å². The Kier molecular flexibility index (Phi) is 3.92. The molecule has 0 aliphatic carbocycles. The smallest absolute Gasteiger partial charge is 0.471 e. The number of halogens is 3. The molecular formula is C10H8F3NO4. The van der Waals surface area contributed by atoms with Gasteiger partial charge in [0.15, 0.2) is 0 Å². The van der Waals surface area contributed by atoms with Crippen LogP contribution in [0, 0.1) is 0 Å². The third-order valence-electron chi connectivity index (χ3n) is 2.03. The summed E-state index contributed by atoms with van der Waals surface area (Å²) in [6.07, 6.45) is -5.09. The van der Waals surface area contributed by atoms with Gasteiger partial charge in [-0.15, -0.1) is 0 Å². The maximum Gasteiger partial charge on any atom is 0.471 e. The molecule has 8 heteroatoms. The molecule has 3 N–H and O–H groups in total. The zero-order valence-corrected chi connectivity index (χ0v) is 8.78. The summed E-state index contributed by atoms with van der Waals surface area (Å²) in [5.41, 5.74) is -0.706. The predicted octanol–water partition coefficient (Wildman–Crippen LogP) is 1.38. The first-order chi connectivity index (χ1) is 8.25.